The van der Waals surface area contributed by atoms with Gasteiger partial charge in [-0.2, -0.15) is 0 Å². The summed E-state index contributed by atoms with van der Waals surface area (Å²) in [4.78, 5) is 10.0. The molecule has 1 aromatic heterocycles. The predicted molar refractivity (Wildman–Crippen MR) is 79.5 cm³/mol. The van der Waals surface area contributed by atoms with Gasteiger partial charge in [0, 0.05) is 36.7 Å². The highest BCUT2D eigenvalue weighted by molar-refractivity contribution is 5.85. The van der Waals surface area contributed by atoms with Gasteiger partial charge in [0.2, 0.25) is 0 Å². The zero-order valence-corrected chi connectivity index (χ0v) is 11.7. The zero-order valence-electron chi connectivity index (χ0n) is 11.7. The number of aryl methyl sites for hydroxylation is 2. The number of H-pyrrole nitrogens is 1. The van der Waals surface area contributed by atoms with E-state index in [9.17, 15) is 0 Å². The minimum absolute atomic E-state index is 0.822. The fourth-order valence-corrected chi connectivity index (χ4v) is 2.52. The second-order valence-electron chi connectivity index (χ2n) is 5.24. The van der Waals surface area contributed by atoms with Gasteiger partial charge < -0.3 is 15.2 Å². The molecule has 1 aromatic carbocycles. The normalized spacial score (nSPS) is 15.1. The summed E-state index contributed by atoms with van der Waals surface area (Å²) in [6.45, 7) is 7.02. The molecule has 4 heteroatoms. The summed E-state index contributed by atoms with van der Waals surface area (Å²) in [5.74, 6) is 1.00. The topological polar surface area (TPSA) is 43.4 Å². The van der Waals surface area contributed by atoms with E-state index in [1.807, 2.05) is 0 Å². The number of nitrogens with zero attached hydrogens (tertiary/aromatic N) is 2. The number of aromatic amines is 1. The molecule has 0 amide bonds. The van der Waals surface area contributed by atoms with Crippen LogP contribution < -0.4 is 5.32 Å². The standard InChI is InChI=1S/C15H20N4/c1-10-11(2)18-14-5-4-12(8-13(10)14)9-17-15-16-6-7-19(15)3/h4-5,8,18H,6-7,9H2,1-3H3,(H,16,17). The van der Waals surface area contributed by atoms with Crippen LogP contribution in [0, 0.1) is 13.8 Å². The largest absolute Gasteiger partial charge is 0.358 e. The highest BCUT2D eigenvalue weighted by Crippen LogP contribution is 2.22. The average Bonchev–Trinajstić information content (AvgIpc) is 2.93. The monoisotopic (exact) mass is 256 g/mol. The Bertz CT molecular complexity index is 639. The van der Waals surface area contributed by atoms with E-state index in [1.165, 1.54) is 27.7 Å². The number of hydrogen-bond donors (Lipinski definition) is 2. The van der Waals surface area contributed by atoms with Gasteiger partial charge in [0.25, 0.3) is 0 Å². The number of aliphatic imine (C=N–C) groups is 1. The van der Waals surface area contributed by atoms with Gasteiger partial charge in [0.05, 0.1) is 6.54 Å². The smallest absolute Gasteiger partial charge is 0.194 e. The van der Waals surface area contributed by atoms with Gasteiger partial charge in [-0.25, -0.2) is 0 Å². The van der Waals surface area contributed by atoms with E-state index in [0.29, 0.717) is 0 Å². The zero-order chi connectivity index (χ0) is 13.4. The van der Waals surface area contributed by atoms with Crippen LogP contribution in [-0.2, 0) is 6.54 Å². The maximum atomic E-state index is 4.44. The van der Waals surface area contributed by atoms with Gasteiger partial charge in [0.1, 0.15) is 0 Å². The number of hydrogen-bond acceptors (Lipinski definition) is 3. The van der Waals surface area contributed by atoms with Crippen LogP contribution in [0.4, 0.5) is 0 Å². The number of aromatic nitrogens is 1. The van der Waals surface area contributed by atoms with E-state index >= 15 is 0 Å². The molecule has 19 heavy (non-hydrogen) atoms. The average molecular weight is 256 g/mol. The highest BCUT2D eigenvalue weighted by Gasteiger charge is 2.11. The lowest BCUT2D eigenvalue weighted by molar-refractivity contribution is 0.534. The Morgan fingerprint density at radius 2 is 2.21 bits per heavy atom. The Morgan fingerprint density at radius 3 is 2.95 bits per heavy atom. The first-order valence-electron chi connectivity index (χ1n) is 6.72. The lowest BCUT2D eigenvalue weighted by Crippen LogP contribution is -2.35. The Hall–Kier alpha value is -1.97. The van der Waals surface area contributed by atoms with Crippen molar-refractivity contribution in [3.63, 3.8) is 0 Å². The third-order valence-corrected chi connectivity index (χ3v) is 3.88. The van der Waals surface area contributed by atoms with Gasteiger partial charge in [0.15, 0.2) is 5.96 Å². The van der Waals surface area contributed by atoms with Gasteiger partial charge in [-0.15, -0.1) is 0 Å². The molecule has 4 nitrogen and oxygen atoms in total. The first-order chi connectivity index (χ1) is 9.15. The van der Waals surface area contributed by atoms with Crippen molar-refractivity contribution in [3.05, 3.63) is 35.0 Å². The maximum absolute atomic E-state index is 4.44. The number of fused-ring (bicyclic) bond motifs is 1. The van der Waals surface area contributed by atoms with Crippen LogP contribution >= 0.6 is 0 Å². The van der Waals surface area contributed by atoms with Crippen molar-refractivity contribution in [2.75, 3.05) is 20.1 Å². The van der Waals surface area contributed by atoms with Crippen LogP contribution in [0.2, 0.25) is 0 Å². The lowest BCUT2D eigenvalue weighted by Gasteiger charge is -2.15. The van der Waals surface area contributed by atoms with Gasteiger partial charge in [-0.3, -0.25) is 4.99 Å². The van der Waals surface area contributed by atoms with E-state index in [2.05, 4.69) is 59.3 Å². The first kappa shape index (κ1) is 12.1. The summed E-state index contributed by atoms with van der Waals surface area (Å²) in [7, 11) is 2.07. The Kier molecular flexibility index (Phi) is 2.93. The molecule has 0 aliphatic carbocycles. The highest BCUT2D eigenvalue weighted by atomic mass is 15.3. The predicted octanol–water partition coefficient (Wildman–Crippen LogP) is 2.18. The maximum Gasteiger partial charge on any atom is 0.194 e. The second kappa shape index (κ2) is 4.61. The molecule has 2 N–H and O–H groups in total. The summed E-state index contributed by atoms with van der Waals surface area (Å²) >= 11 is 0. The molecular weight excluding hydrogens is 236 g/mol. The van der Waals surface area contributed by atoms with Crippen LogP contribution in [0.25, 0.3) is 10.9 Å². The fourth-order valence-electron chi connectivity index (χ4n) is 2.52. The second-order valence-corrected chi connectivity index (χ2v) is 5.24. The minimum Gasteiger partial charge on any atom is -0.358 e. The Labute approximate surface area is 113 Å². The van der Waals surface area contributed by atoms with Crippen molar-refractivity contribution < 1.29 is 0 Å². The molecule has 0 unspecified atom stereocenters. The van der Waals surface area contributed by atoms with E-state index in [4.69, 9.17) is 0 Å². The van der Waals surface area contributed by atoms with Crippen molar-refractivity contribution in [2.24, 2.45) is 4.99 Å². The van der Waals surface area contributed by atoms with Crippen molar-refractivity contribution >= 4 is 16.9 Å². The van der Waals surface area contributed by atoms with Gasteiger partial charge in [-0.1, -0.05) is 6.07 Å². The van der Waals surface area contributed by atoms with Gasteiger partial charge >= 0.3 is 0 Å². The molecule has 0 spiro atoms. The molecular formula is C15H20N4. The minimum atomic E-state index is 0.822. The molecule has 0 radical (unpaired) electrons. The third kappa shape index (κ3) is 2.18. The Balaban J connectivity index is 1.80. The molecule has 2 heterocycles. The van der Waals surface area contributed by atoms with Crippen LogP contribution in [0.3, 0.4) is 0 Å². The quantitative estimate of drug-likeness (QED) is 0.865. The summed E-state index contributed by atoms with van der Waals surface area (Å²) in [6, 6.07) is 6.59. The summed E-state index contributed by atoms with van der Waals surface area (Å²) in [6.07, 6.45) is 0. The van der Waals surface area contributed by atoms with Crippen molar-refractivity contribution in [3.8, 4) is 0 Å². The van der Waals surface area contributed by atoms with Crippen molar-refractivity contribution in [2.45, 2.75) is 20.4 Å². The summed E-state index contributed by atoms with van der Waals surface area (Å²) < 4.78 is 0. The summed E-state index contributed by atoms with van der Waals surface area (Å²) in [5.41, 5.74) is 5.10. The molecule has 100 valence electrons. The van der Waals surface area contributed by atoms with E-state index < -0.39 is 0 Å². The fraction of sp³-hybridized carbons (Fsp3) is 0.400. The van der Waals surface area contributed by atoms with E-state index in [1.54, 1.807) is 0 Å². The van der Waals surface area contributed by atoms with Crippen molar-refractivity contribution in [1.82, 2.24) is 15.2 Å². The third-order valence-electron chi connectivity index (χ3n) is 3.88. The van der Waals surface area contributed by atoms with Crippen molar-refractivity contribution in [1.29, 1.82) is 0 Å². The van der Waals surface area contributed by atoms with Crippen LogP contribution in [0.1, 0.15) is 16.8 Å². The molecule has 3 rings (SSSR count). The van der Waals surface area contributed by atoms with E-state index in [-0.39, 0.29) is 0 Å². The molecule has 1 aliphatic heterocycles. The molecule has 1 aliphatic rings. The SMILES string of the molecule is Cc1[nH]c2ccc(CNC3=NCCN3C)cc2c1C. The number of benzene rings is 1. The number of likely N-dealkylation sites (N-methyl/N-ethyl adjacent to an activating group) is 1. The molecule has 0 fully saturated rings. The molecule has 0 saturated carbocycles. The molecule has 0 saturated heterocycles. The summed E-state index contributed by atoms with van der Waals surface area (Å²) in [5, 5.41) is 4.72. The number of rotatable bonds is 2. The Morgan fingerprint density at radius 1 is 1.37 bits per heavy atom. The number of nitrogens with one attached hydrogen (secondary N) is 2. The molecule has 2 aromatic rings. The molecule has 0 atom stereocenters. The molecule has 0 bridgehead atoms. The number of guanidine groups is 1. The lowest BCUT2D eigenvalue weighted by atomic mass is 10.1. The van der Waals surface area contributed by atoms with Crippen LogP contribution in [-0.4, -0.2) is 36.0 Å². The van der Waals surface area contributed by atoms with Gasteiger partial charge in [-0.05, 0) is 37.1 Å². The van der Waals surface area contributed by atoms with Crippen LogP contribution in [0.5, 0.6) is 0 Å². The van der Waals surface area contributed by atoms with E-state index in [0.717, 1.165) is 25.6 Å². The first-order valence-corrected chi connectivity index (χ1v) is 6.72. The van der Waals surface area contributed by atoms with Crippen LogP contribution in [0.15, 0.2) is 23.2 Å².